The molecule has 0 aliphatic carbocycles. The maximum atomic E-state index is 13.3. The molecule has 1 unspecified atom stereocenters. The van der Waals surface area contributed by atoms with E-state index in [2.05, 4.69) is 6.58 Å². The topological polar surface area (TPSA) is 26.0 Å². The zero-order chi connectivity index (χ0) is 11.3. The molecule has 0 heterocycles. The van der Waals surface area contributed by atoms with Crippen molar-refractivity contribution in [3.05, 3.63) is 48.1 Å². The third kappa shape index (κ3) is 3.44. The molecule has 15 heavy (non-hydrogen) atoms. The summed E-state index contributed by atoms with van der Waals surface area (Å²) in [4.78, 5) is 0. The fourth-order valence-electron chi connectivity index (χ4n) is 1.44. The molecule has 0 saturated heterocycles. The second-order valence-electron chi connectivity index (χ2n) is 3.49. The molecule has 0 spiro atoms. The summed E-state index contributed by atoms with van der Waals surface area (Å²) in [6.45, 7) is 3.59. The first-order chi connectivity index (χ1) is 7.15. The minimum atomic E-state index is -0.574. The quantitative estimate of drug-likeness (QED) is 0.586. The Kier molecular flexibility index (Phi) is 4.43. The van der Waals surface area contributed by atoms with Crippen molar-refractivity contribution >= 4 is 0 Å². The Bertz CT molecular complexity index is 336. The highest BCUT2D eigenvalue weighted by molar-refractivity contribution is 5.21. The van der Waals surface area contributed by atoms with Crippen molar-refractivity contribution in [1.29, 1.82) is 0 Å². The highest BCUT2D eigenvalue weighted by Crippen LogP contribution is 2.20. The lowest BCUT2D eigenvalue weighted by Crippen LogP contribution is -2.12. The van der Waals surface area contributed by atoms with Gasteiger partial charge in [-0.1, -0.05) is 12.1 Å². The Balaban J connectivity index is 2.64. The highest BCUT2D eigenvalue weighted by atomic mass is 19.1. The Morgan fingerprint density at radius 3 is 2.73 bits per heavy atom. The van der Waals surface area contributed by atoms with E-state index in [9.17, 15) is 8.78 Å². The molecule has 82 valence electrons. The van der Waals surface area contributed by atoms with Crippen LogP contribution in [0.1, 0.15) is 30.9 Å². The van der Waals surface area contributed by atoms with E-state index in [1.54, 1.807) is 6.08 Å². The largest absolute Gasteiger partial charge is 0.324 e. The maximum absolute atomic E-state index is 13.3. The number of benzene rings is 1. The summed E-state index contributed by atoms with van der Waals surface area (Å²) in [5.41, 5.74) is 6.17. The van der Waals surface area contributed by atoms with Crippen LogP contribution in [-0.2, 0) is 0 Å². The molecule has 0 aliphatic heterocycles. The number of nitrogens with two attached hydrogens (primary N) is 1. The van der Waals surface area contributed by atoms with Crippen LogP contribution in [0.2, 0.25) is 0 Å². The third-order valence-electron chi connectivity index (χ3n) is 2.29. The lowest BCUT2D eigenvalue weighted by Gasteiger charge is -2.12. The lowest BCUT2D eigenvalue weighted by molar-refractivity contribution is 0.536. The molecule has 0 aromatic heterocycles. The van der Waals surface area contributed by atoms with Crippen LogP contribution in [0.3, 0.4) is 0 Å². The number of hydrogen-bond donors (Lipinski definition) is 1. The van der Waals surface area contributed by atoms with Gasteiger partial charge < -0.3 is 5.73 Å². The van der Waals surface area contributed by atoms with E-state index in [4.69, 9.17) is 5.73 Å². The fraction of sp³-hybridized carbons (Fsp3) is 0.333. The predicted octanol–water partition coefficient (Wildman–Crippen LogP) is 3.32. The summed E-state index contributed by atoms with van der Waals surface area (Å²) in [6.07, 6.45) is 4.19. The molecule has 1 nitrogen and oxygen atoms in total. The molecule has 1 aromatic rings. The van der Waals surface area contributed by atoms with Crippen LogP contribution in [0.4, 0.5) is 8.78 Å². The zero-order valence-corrected chi connectivity index (χ0v) is 8.55. The third-order valence-corrected chi connectivity index (χ3v) is 2.29. The molecule has 3 heteroatoms. The van der Waals surface area contributed by atoms with Gasteiger partial charge in [0, 0.05) is 17.7 Å². The molecule has 1 rings (SSSR count). The second kappa shape index (κ2) is 5.61. The first-order valence-electron chi connectivity index (χ1n) is 4.96. The summed E-state index contributed by atoms with van der Waals surface area (Å²) in [7, 11) is 0. The average Bonchev–Trinajstić information content (AvgIpc) is 2.17. The van der Waals surface area contributed by atoms with Crippen molar-refractivity contribution in [2.24, 2.45) is 5.73 Å². The molecule has 0 bridgehead atoms. The van der Waals surface area contributed by atoms with Crippen LogP contribution >= 0.6 is 0 Å². The van der Waals surface area contributed by atoms with Gasteiger partial charge in [-0.25, -0.2) is 8.78 Å². The van der Waals surface area contributed by atoms with Gasteiger partial charge in [-0.15, -0.1) is 6.58 Å². The smallest absolute Gasteiger partial charge is 0.130 e. The first kappa shape index (κ1) is 11.9. The van der Waals surface area contributed by atoms with Crippen molar-refractivity contribution in [2.75, 3.05) is 0 Å². The van der Waals surface area contributed by atoms with Crippen molar-refractivity contribution in [1.82, 2.24) is 0 Å². The van der Waals surface area contributed by atoms with Gasteiger partial charge in [-0.2, -0.15) is 0 Å². The van der Waals surface area contributed by atoms with Gasteiger partial charge >= 0.3 is 0 Å². The lowest BCUT2D eigenvalue weighted by atomic mass is 10.0. The van der Waals surface area contributed by atoms with Gasteiger partial charge in [0.15, 0.2) is 0 Å². The highest BCUT2D eigenvalue weighted by Gasteiger charge is 2.11. The monoisotopic (exact) mass is 211 g/mol. The fourth-order valence-corrected chi connectivity index (χ4v) is 1.44. The molecule has 0 aliphatic rings. The van der Waals surface area contributed by atoms with E-state index >= 15 is 0 Å². The molecular formula is C12H15F2N. The second-order valence-corrected chi connectivity index (χ2v) is 3.49. The number of allylic oxidation sites excluding steroid dienone is 1. The van der Waals surface area contributed by atoms with Crippen LogP contribution in [0.5, 0.6) is 0 Å². The van der Waals surface area contributed by atoms with Gasteiger partial charge in [0.25, 0.3) is 0 Å². The summed E-state index contributed by atoms with van der Waals surface area (Å²) in [5, 5.41) is 0. The van der Waals surface area contributed by atoms with Crippen LogP contribution in [0, 0.1) is 11.6 Å². The van der Waals surface area contributed by atoms with Crippen molar-refractivity contribution in [3.63, 3.8) is 0 Å². The molecule has 0 radical (unpaired) electrons. The van der Waals surface area contributed by atoms with Gasteiger partial charge in [-0.3, -0.25) is 0 Å². The number of unbranched alkanes of at least 4 members (excludes halogenated alkanes) is 1. The summed E-state index contributed by atoms with van der Waals surface area (Å²) in [5.74, 6) is -1.14. The van der Waals surface area contributed by atoms with Gasteiger partial charge in [-0.05, 0) is 25.3 Å². The Morgan fingerprint density at radius 1 is 1.40 bits per heavy atom. The number of halogens is 2. The van der Waals surface area contributed by atoms with E-state index in [0.29, 0.717) is 12.0 Å². The van der Waals surface area contributed by atoms with Crippen LogP contribution in [0.25, 0.3) is 0 Å². The average molecular weight is 211 g/mol. The maximum Gasteiger partial charge on any atom is 0.130 e. The zero-order valence-electron chi connectivity index (χ0n) is 8.55. The van der Waals surface area contributed by atoms with Crippen LogP contribution < -0.4 is 5.73 Å². The van der Waals surface area contributed by atoms with Gasteiger partial charge in [0.05, 0.1) is 0 Å². The standard InChI is InChI=1S/C12H15F2N/c1-2-3-4-5-12(15)10-7-6-9(13)8-11(10)14/h2,6-8,12H,1,3-5,15H2. The Labute approximate surface area is 88.6 Å². The summed E-state index contributed by atoms with van der Waals surface area (Å²) in [6, 6.07) is 3.13. The minimum absolute atomic E-state index is 0.370. The predicted molar refractivity (Wildman–Crippen MR) is 57.3 cm³/mol. The van der Waals surface area contributed by atoms with E-state index in [1.807, 2.05) is 0 Å². The summed E-state index contributed by atoms with van der Waals surface area (Å²) >= 11 is 0. The van der Waals surface area contributed by atoms with E-state index in [-0.39, 0.29) is 6.04 Å². The normalized spacial score (nSPS) is 12.5. The van der Waals surface area contributed by atoms with Crippen molar-refractivity contribution in [3.8, 4) is 0 Å². The Hall–Kier alpha value is -1.22. The number of hydrogen-bond acceptors (Lipinski definition) is 1. The van der Waals surface area contributed by atoms with Gasteiger partial charge in [0.2, 0.25) is 0 Å². The molecule has 0 amide bonds. The molecular weight excluding hydrogens is 196 g/mol. The van der Waals surface area contributed by atoms with E-state index in [1.165, 1.54) is 12.1 Å². The molecule has 2 N–H and O–H groups in total. The van der Waals surface area contributed by atoms with Crippen molar-refractivity contribution in [2.45, 2.75) is 25.3 Å². The molecule has 1 atom stereocenters. The van der Waals surface area contributed by atoms with Gasteiger partial charge in [0.1, 0.15) is 11.6 Å². The first-order valence-corrected chi connectivity index (χ1v) is 4.96. The van der Waals surface area contributed by atoms with Crippen LogP contribution in [-0.4, -0.2) is 0 Å². The van der Waals surface area contributed by atoms with E-state index < -0.39 is 11.6 Å². The number of rotatable bonds is 5. The molecule has 0 fully saturated rings. The SMILES string of the molecule is C=CCCCC(N)c1ccc(F)cc1F. The Morgan fingerprint density at radius 2 is 2.13 bits per heavy atom. The molecule has 1 aromatic carbocycles. The molecule has 0 saturated carbocycles. The van der Waals surface area contributed by atoms with Crippen LogP contribution in [0.15, 0.2) is 30.9 Å². The minimum Gasteiger partial charge on any atom is -0.324 e. The summed E-state index contributed by atoms with van der Waals surface area (Å²) < 4.78 is 25.9. The van der Waals surface area contributed by atoms with E-state index in [0.717, 1.165) is 18.9 Å². The van der Waals surface area contributed by atoms with Crippen molar-refractivity contribution < 1.29 is 8.78 Å².